The van der Waals surface area contributed by atoms with Crippen molar-refractivity contribution in [1.29, 1.82) is 0 Å². The summed E-state index contributed by atoms with van der Waals surface area (Å²) in [5.74, 6) is -1.17. The number of nitrogens with one attached hydrogen (secondary N) is 1. The molecule has 0 spiro atoms. The molecule has 2 heterocycles. The van der Waals surface area contributed by atoms with Crippen LogP contribution in [0.1, 0.15) is 9.67 Å². The van der Waals surface area contributed by atoms with E-state index >= 15 is 0 Å². The molecule has 6 nitrogen and oxygen atoms in total. The van der Waals surface area contributed by atoms with Gasteiger partial charge in [0, 0.05) is 0 Å². The van der Waals surface area contributed by atoms with Gasteiger partial charge in [-0.1, -0.05) is 11.6 Å². The second-order valence-corrected chi connectivity index (χ2v) is 6.78. The third kappa shape index (κ3) is 3.22. The molecule has 0 aliphatic carbocycles. The summed E-state index contributed by atoms with van der Waals surface area (Å²) in [6.45, 7) is 0. The SMILES string of the molecule is O=C(O)c1ccc(S(=O)(=O)Nc2ccc(Cl)nc2)s1. The Hall–Kier alpha value is -1.64. The van der Waals surface area contributed by atoms with Gasteiger partial charge in [-0.05, 0) is 24.3 Å². The largest absolute Gasteiger partial charge is 0.477 e. The van der Waals surface area contributed by atoms with Crippen molar-refractivity contribution < 1.29 is 18.3 Å². The number of nitrogens with zero attached hydrogens (tertiary/aromatic N) is 1. The molecule has 2 N–H and O–H groups in total. The lowest BCUT2D eigenvalue weighted by atomic mass is 10.4. The molecule has 0 bridgehead atoms. The smallest absolute Gasteiger partial charge is 0.345 e. The Kier molecular flexibility index (Phi) is 3.74. The van der Waals surface area contributed by atoms with Crippen molar-refractivity contribution in [2.75, 3.05) is 4.72 Å². The number of thiophene rings is 1. The number of carboxylic acid groups (broad SMARTS) is 1. The summed E-state index contributed by atoms with van der Waals surface area (Å²) in [5.41, 5.74) is 0.245. The molecule has 100 valence electrons. The summed E-state index contributed by atoms with van der Waals surface area (Å²) >= 11 is 6.26. The molecule has 0 aliphatic rings. The van der Waals surface area contributed by atoms with Gasteiger partial charge in [0.15, 0.2) is 0 Å². The lowest BCUT2D eigenvalue weighted by Gasteiger charge is -2.05. The van der Waals surface area contributed by atoms with Gasteiger partial charge >= 0.3 is 5.97 Å². The van der Waals surface area contributed by atoms with Crippen molar-refractivity contribution in [3.05, 3.63) is 40.5 Å². The summed E-state index contributed by atoms with van der Waals surface area (Å²) in [4.78, 5) is 14.4. The van der Waals surface area contributed by atoms with Crippen LogP contribution in [0, 0.1) is 0 Å². The van der Waals surface area contributed by atoms with E-state index in [0.717, 1.165) is 0 Å². The number of aromatic carboxylic acids is 1. The molecule has 0 fully saturated rings. The Bertz CT molecular complexity index is 709. The predicted molar refractivity (Wildman–Crippen MR) is 71.3 cm³/mol. The highest BCUT2D eigenvalue weighted by molar-refractivity contribution is 7.94. The number of hydrogen-bond acceptors (Lipinski definition) is 5. The lowest BCUT2D eigenvalue weighted by molar-refractivity contribution is 0.0702. The van der Waals surface area contributed by atoms with Gasteiger partial charge in [-0.25, -0.2) is 18.2 Å². The Morgan fingerprint density at radius 3 is 2.58 bits per heavy atom. The molecule has 0 unspecified atom stereocenters. The van der Waals surface area contributed by atoms with E-state index in [0.29, 0.717) is 11.3 Å². The van der Waals surface area contributed by atoms with Crippen molar-refractivity contribution in [2.45, 2.75) is 4.21 Å². The first-order chi connectivity index (χ1) is 8.88. The normalized spacial score (nSPS) is 11.2. The Morgan fingerprint density at radius 2 is 2.05 bits per heavy atom. The number of carbonyl (C=O) groups is 1. The number of anilines is 1. The zero-order chi connectivity index (χ0) is 14.0. The van der Waals surface area contributed by atoms with Crippen molar-refractivity contribution in [3.8, 4) is 0 Å². The first-order valence-electron chi connectivity index (χ1n) is 4.86. The van der Waals surface area contributed by atoms with Crippen LogP contribution in [0.15, 0.2) is 34.7 Å². The topological polar surface area (TPSA) is 96.4 Å². The predicted octanol–water partition coefficient (Wildman–Crippen LogP) is 2.30. The van der Waals surface area contributed by atoms with Crippen LogP contribution >= 0.6 is 22.9 Å². The van der Waals surface area contributed by atoms with E-state index in [9.17, 15) is 13.2 Å². The molecule has 2 aromatic heterocycles. The maximum Gasteiger partial charge on any atom is 0.345 e. The summed E-state index contributed by atoms with van der Waals surface area (Å²) in [6, 6.07) is 5.37. The molecule has 2 aromatic rings. The summed E-state index contributed by atoms with van der Waals surface area (Å²) in [5, 5.41) is 9.00. The minimum atomic E-state index is -3.82. The molecule has 0 saturated heterocycles. The average Bonchev–Trinajstić information content (AvgIpc) is 2.82. The van der Waals surface area contributed by atoms with E-state index in [4.69, 9.17) is 16.7 Å². The van der Waals surface area contributed by atoms with Gasteiger partial charge in [-0.15, -0.1) is 11.3 Å². The lowest BCUT2D eigenvalue weighted by Crippen LogP contribution is -2.11. The van der Waals surface area contributed by atoms with Gasteiger partial charge in [-0.2, -0.15) is 0 Å². The molecule has 19 heavy (non-hydrogen) atoms. The number of sulfonamides is 1. The number of aromatic nitrogens is 1. The van der Waals surface area contributed by atoms with Crippen LogP contribution in [-0.2, 0) is 10.0 Å². The molecule has 2 rings (SSSR count). The first kappa shape index (κ1) is 13.8. The quantitative estimate of drug-likeness (QED) is 0.843. The van der Waals surface area contributed by atoms with Crippen LogP contribution in [-0.4, -0.2) is 24.5 Å². The zero-order valence-electron chi connectivity index (χ0n) is 9.20. The third-order valence-electron chi connectivity index (χ3n) is 2.04. The molecule has 9 heteroatoms. The molecule has 0 amide bonds. The van der Waals surface area contributed by atoms with Crippen LogP contribution < -0.4 is 4.72 Å². The van der Waals surface area contributed by atoms with Gasteiger partial charge in [0.25, 0.3) is 10.0 Å². The Morgan fingerprint density at radius 1 is 1.32 bits per heavy atom. The second kappa shape index (κ2) is 5.16. The maximum atomic E-state index is 12.0. The average molecular weight is 319 g/mol. The van der Waals surface area contributed by atoms with Crippen LogP contribution in [0.25, 0.3) is 0 Å². The number of rotatable bonds is 4. The molecule has 0 aromatic carbocycles. The van der Waals surface area contributed by atoms with Gasteiger partial charge in [0.05, 0.1) is 11.9 Å². The van der Waals surface area contributed by atoms with E-state index in [1.165, 1.54) is 30.5 Å². The monoisotopic (exact) mass is 318 g/mol. The summed E-state index contributed by atoms with van der Waals surface area (Å²) in [6.07, 6.45) is 1.27. The molecule has 0 saturated carbocycles. The molecular weight excluding hydrogens is 312 g/mol. The molecular formula is C10H7ClN2O4S2. The maximum absolute atomic E-state index is 12.0. The highest BCUT2D eigenvalue weighted by Crippen LogP contribution is 2.24. The van der Waals surface area contributed by atoms with Gasteiger partial charge in [-0.3, -0.25) is 4.72 Å². The van der Waals surface area contributed by atoms with Gasteiger partial charge in [0.2, 0.25) is 0 Å². The fraction of sp³-hybridized carbons (Fsp3) is 0. The van der Waals surface area contributed by atoms with Gasteiger partial charge < -0.3 is 5.11 Å². The Balaban J connectivity index is 2.26. The summed E-state index contributed by atoms with van der Waals surface area (Å²) < 4.78 is 26.1. The second-order valence-electron chi connectivity index (χ2n) is 3.40. The van der Waals surface area contributed by atoms with Crippen LogP contribution in [0.2, 0.25) is 5.15 Å². The van der Waals surface area contributed by atoms with E-state index in [-0.39, 0.29) is 19.9 Å². The minimum absolute atomic E-state index is 0.0467. The fourth-order valence-electron chi connectivity index (χ4n) is 1.22. The van der Waals surface area contributed by atoms with E-state index in [1.54, 1.807) is 0 Å². The van der Waals surface area contributed by atoms with Crippen molar-refractivity contribution in [3.63, 3.8) is 0 Å². The van der Waals surface area contributed by atoms with E-state index in [1.807, 2.05) is 0 Å². The standard InChI is InChI=1S/C10H7ClN2O4S2/c11-8-3-1-6(5-12-8)13-19(16,17)9-4-2-7(18-9)10(14)15/h1-5,13H,(H,14,15). The number of hydrogen-bond donors (Lipinski definition) is 2. The third-order valence-corrected chi connectivity index (χ3v) is 5.21. The van der Waals surface area contributed by atoms with Crippen molar-refractivity contribution in [2.24, 2.45) is 0 Å². The van der Waals surface area contributed by atoms with Gasteiger partial charge in [0.1, 0.15) is 14.2 Å². The fourth-order valence-corrected chi connectivity index (χ4v) is 3.52. The number of pyridine rings is 1. The highest BCUT2D eigenvalue weighted by atomic mass is 35.5. The van der Waals surface area contributed by atoms with Crippen molar-refractivity contribution >= 4 is 44.6 Å². The van der Waals surface area contributed by atoms with E-state index in [2.05, 4.69) is 9.71 Å². The molecule has 0 radical (unpaired) electrons. The first-order valence-corrected chi connectivity index (χ1v) is 7.54. The molecule has 0 atom stereocenters. The van der Waals surface area contributed by atoms with Crippen LogP contribution in [0.3, 0.4) is 0 Å². The molecule has 0 aliphatic heterocycles. The highest BCUT2D eigenvalue weighted by Gasteiger charge is 2.19. The summed E-state index contributed by atoms with van der Waals surface area (Å²) in [7, 11) is -3.82. The minimum Gasteiger partial charge on any atom is -0.477 e. The van der Waals surface area contributed by atoms with E-state index < -0.39 is 16.0 Å². The van der Waals surface area contributed by atoms with Crippen LogP contribution in [0.5, 0.6) is 0 Å². The number of halogens is 1. The zero-order valence-corrected chi connectivity index (χ0v) is 11.6. The number of carboxylic acids is 1. The van der Waals surface area contributed by atoms with Crippen molar-refractivity contribution in [1.82, 2.24) is 4.98 Å². The van der Waals surface area contributed by atoms with Crippen LogP contribution in [0.4, 0.5) is 5.69 Å². The Labute approximate surface area is 117 Å².